The molecule has 2 N–H and O–H groups in total. The Kier molecular flexibility index (Phi) is 5.51. The smallest absolute Gasteiger partial charge is 0.339 e. The average Bonchev–Trinajstić information content (AvgIpc) is 2.49. The zero-order chi connectivity index (χ0) is 15.2. The van der Waals surface area contributed by atoms with E-state index >= 15 is 0 Å². The number of halogens is 1. The van der Waals surface area contributed by atoms with Gasteiger partial charge in [0.1, 0.15) is 11.4 Å². The van der Waals surface area contributed by atoms with E-state index in [0.717, 1.165) is 0 Å². The summed E-state index contributed by atoms with van der Waals surface area (Å²) in [6.07, 6.45) is 1.80. The highest BCUT2D eigenvalue weighted by atomic mass is 79.9. The second-order valence-corrected chi connectivity index (χ2v) is 5.44. The minimum Gasteiger partial charge on any atom is -0.478 e. The van der Waals surface area contributed by atoms with Gasteiger partial charge in [-0.2, -0.15) is 0 Å². The second kappa shape index (κ2) is 7.37. The number of amides is 1. The molecule has 1 saturated heterocycles. The van der Waals surface area contributed by atoms with Crippen LogP contribution in [0, 0.1) is 0 Å². The predicted octanol–water partition coefficient (Wildman–Crippen LogP) is 1.20. The van der Waals surface area contributed by atoms with Gasteiger partial charge in [0.15, 0.2) is 0 Å². The summed E-state index contributed by atoms with van der Waals surface area (Å²) in [5, 5.41) is 12.0. The first-order valence-electron chi connectivity index (χ1n) is 6.56. The third kappa shape index (κ3) is 4.40. The largest absolute Gasteiger partial charge is 0.478 e. The maximum atomic E-state index is 11.9. The minimum absolute atomic E-state index is 0.0276. The highest BCUT2D eigenvalue weighted by molar-refractivity contribution is 9.10. The molecular formula is C13H16BrN3O4. The number of carbonyl (C=O) groups excluding carboxylic acids is 1. The quantitative estimate of drug-likeness (QED) is 0.822. The van der Waals surface area contributed by atoms with Gasteiger partial charge in [0.05, 0.1) is 13.2 Å². The van der Waals surface area contributed by atoms with Gasteiger partial charge in [-0.3, -0.25) is 4.79 Å². The van der Waals surface area contributed by atoms with Gasteiger partial charge in [-0.25, -0.2) is 9.78 Å². The Morgan fingerprint density at radius 1 is 1.43 bits per heavy atom. The molecule has 0 unspecified atom stereocenters. The fraction of sp³-hybridized carbons (Fsp3) is 0.462. The number of carbonyl (C=O) groups is 2. The zero-order valence-corrected chi connectivity index (χ0v) is 12.9. The van der Waals surface area contributed by atoms with E-state index in [9.17, 15) is 9.59 Å². The van der Waals surface area contributed by atoms with Gasteiger partial charge < -0.3 is 20.1 Å². The molecular weight excluding hydrogens is 342 g/mol. The maximum absolute atomic E-state index is 11.9. The van der Waals surface area contributed by atoms with Crippen LogP contribution in [0.15, 0.2) is 16.7 Å². The van der Waals surface area contributed by atoms with Crippen molar-refractivity contribution in [2.45, 2.75) is 6.42 Å². The Labute approximate surface area is 130 Å². The monoisotopic (exact) mass is 357 g/mol. The SMILES string of the molecule is O=C(O)c1cc(Br)cnc1NCCC(=O)N1CCOCC1. The summed E-state index contributed by atoms with van der Waals surface area (Å²) in [7, 11) is 0. The van der Waals surface area contributed by atoms with Crippen LogP contribution in [0.25, 0.3) is 0 Å². The standard InChI is InChI=1S/C13H16BrN3O4/c14-9-7-10(13(19)20)12(16-8-9)15-2-1-11(18)17-3-5-21-6-4-17/h7-8H,1-6H2,(H,15,16)(H,19,20). The molecule has 1 fully saturated rings. The van der Waals surface area contributed by atoms with Crippen molar-refractivity contribution >= 4 is 33.6 Å². The summed E-state index contributed by atoms with van der Waals surface area (Å²) < 4.78 is 5.78. The molecule has 0 atom stereocenters. The topological polar surface area (TPSA) is 91.8 Å². The summed E-state index contributed by atoms with van der Waals surface area (Å²) in [6.45, 7) is 2.68. The number of aromatic nitrogens is 1. The summed E-state index contributed by atoms with van der Waals surface area (Å²) in [5.41, 5.74) is 0.0724. The van der Waals surface area contributed by atoms with Gasteiger partial charge in [-0.05, 0) is 22.0 Å². The highest BCUT2D eigenvalue weighted by Gasteiger charge is 2.17. The van der Waals surface area contributed by atoms with Crippen LogP contribution in [0.3, 0.4) is 0 Å². The zero-order valence-electron chi connectivity index (χ0n) is 11.3. The number of pyridine rings is 1. The third-order valence-electron chi connectivity index (χ3n) is 3.08. The molecule has 0 spiro atoms. The van der Waals surface area contributed by atoms with E-state index in [1.807, 2.05) is 0 Å². The number of nitrogens with one attached hydrogen (secondary N) is 1. The van der Waals surface area contributed by atoms with Crippen LogP contribution < -0.4 is 5.32 Å². The lowest BCUT2D eigenvalue weighted by Crippen LogP contribution is -2.41. The van der Waals surface area contributed by atoms with Gasteiger partial charge in [0, 0.05) is 36.7 Å². The van der Waals surface area contributed by atoms with Crippen molar-refractivity contribution < 1.29 is 19.4 Å². The average molecular weight is 358 g/mol. The Bertz CT molecular complexity index is 532. The van der Waals surface area contributed by atoms with E-state index in [1.165, 1.54) is 12.3 Å². The Morgan fingerprint density at radius 2 is 2.14 bits per heavy atom. The molecule has 1 aliphatic rings. The van der Waals surface area contributed by atoms with Crippen molar-refractivity contribution in [3.8, 4) is 0 Å². The van der Waals surface area contributed by atoms with E-state index in [0.29, 0.717) is 37.3 Å². The van der Waals surface area contributed by atoms with Gasteiger partial charge in [0.25, 0.3) is 0 Å². The van der Waals surface area contributed by atoms with E-state index in [4.69, 9.17) is 9.84 Å². The van der Waals surface area contributed by atoms with E-state index < -0.39 is 5.97 Å². The molecule has 0 aliphatic carbocycles. The van der Waals surface area contributed by atoms with Crippen LogP contribution in [-0.4, -0.2) is 59.7 Å². The molecule has 0 radical (unpaired) electrons. The number of nitrogens with zero attached hydrogens (tertiary/aromatic N) is 2. The van der Waals surface area contributed by atoms with Crippen molar-refractivity contribution in [3.05, 3.63) is 22.3 Å². The number of hydrogen-bond donors (Lipinski definition) is 2. The molecule has 1 amide bonds. The summed E-state index contributed by atoms with van der Waals surface area (Å²) in [5.74, 6) is -0.772. The number of carboxylic acid groups (broad SMARTS) is 1. The van der Waals surface area contributed by atoms with E-state index in [1.54, 1.807) is 4.90 Å². The van der Waals surface area contributed by atoms with Crippen molar-refractivity contribution in [1.29, 1.82) is 0 Å². The molecule has 1 aromatic heterocycles. The summed E-state index contributed by atoms with van der Waals surface area (Å²) in [6, 6.07) is 1.47. The van der Waals surface area contributed by atoms with Crippen LogP contribution in [0.1, 0.15) is 16.8 Å². The van der Waals surface area contributed by atoms with Gasteiger partial charge in [0.2, 0.25) is 5.91 Å². The Morgan fingerprint density at radius 3 is 2.81 bits per heavy atom. The van der Waals surface area contributed by atoms with Gasteiger partial charge in [-0.1, -0.05) is 0 Å². The van der Waals surface area contributed by atoms with Crippen LogP contribution in [0.4, 0.5) is 5.82 Å². The van der Waals surface area contributed by atoms with E-state index in [2.05, 4.69) is 26.2 Å². The van der Waals surface area contributed by atoms with Crippen molar-refractivity contribution in [3.63, 3.8) is 0 Å². The molecule has 1 aliphatic heterocycles. The molecule has 1 aromatic rings. The Balaban J connectivity index is 1.88. The van der Waals surface area contributed by atoms with Crippen LogP contribution in [0.2, 0.25) is 0 Å². The number of ether oxygens (including phenoxy) is 1. The first-order chi connectivity index (χ1) is 10.1. The molecule has 0 bridgehead atoms. The first kappa shape index (κ1) is 15.7. The number of anilines is 1. The molecule has 0 saturated carbocycles. The Hall–Kier alpha value is -1.67. The molecule has 7 nitrogen and oxygen atoms in total. The summed E-state index contributed by atoms with van der Waals surface area (Å²) >= 11 is 3.18. The van der Waals surface area contributed by atoms with Crippen LogP contribution in [-0.2, 0) is 9.53 Å². The van der Waals surface area contributed by atoms with Crippen molar-refractivity contribution in [1.82, 2.24) is 9.88 Å². The van der Waals surface area contributed by atoms with Crippen LogP contribution in [0.5, 0.6) is 0 Å². The number of morpholine rings is 1. The third-order valence-corrected chi connectivity index (χ3v) is 3.51. The van der Waals surface area contributed by atoms with Crippen LogP contribution >= 0.6 is 15.9 Å². The van der Waals surface area contributed by atoms with Gasteiger partial charge in [-0.15, -0.1) is 0 Å². The molecule has 0 aromatic carbocycles. The number of aromatic carboxylic acids is 1. The second-order valence-electron chi connectivity index (χ2n) is 4.52. The van der Waals surface area contributed by atoms with Crippen molar-refractivity contribution in [2.75, 3.05) is 38.2 Å². The lowest BCUT2D eigenvalue weighted by atomic mass is 10.2. The number of hydrogen-bond acceptors (Lipinski definition) is 5. The molecule has 8 heteroatoms. The van der Waals surface area contributed by atoms with Gasteiger partial charge >= 0.3 is 5.97 Å². The lowest BCUT2D eigenvalue weighted by Gasteiger charge is -2.26. The minimum atomic E-state index is -1.06. The highest BCUT2D eigenvalue weighted by Crippen LogP contribution is 2.18. The lowest BCUT2D eigenvalue weighted by molar-refractivity contribution is -0.134. The predicted molar refractivity (Wildman–Crippen MR) is 79.4 cm³/mol. The summed E-state index contributed by atoms with van der Waals surface area (Å²) in [4.78, 5) is 28.8. The molecule has 2 rings (SSSR count). The fourth-order valence-electron chi connectivity index (χ4n) is 2.00. The normalized spacial score (nSPS) is 14.8. The fourth-order valence-corrected chi connectivity index (χ4v) is 2.33. The maximum Gasteiger partial charge on any atom is 0.339 e. The number of carboxylic acids is 1. The first-order valence-corrected chi connectivity index (χ1v) is 7.35. The van der Waals surface area contributed by atoms with E-state index in [-0.39, 0.29) is 23.7 Å². The molecule has 21 heavy (non-hydrogen) atoms. The number of rotatable bonds is 5. The molecule has 2 heterocycles. The van der Waals surface area contributed by atoms with Crippen molar-refractivity contribution in [2.24, 2.45) is 0 Å². The molecule has 114 valence electrons.